The summed E-state index contributed by atoms with van der Waals surface area (Å²) in [6.07, 6.45) is 3.61. The first-order valence-corrected chi connectivity index (χ1v) is 9.75. The molecular weight excluding hydrogens is 430 g/mol. The Labute approximate surface area is 189 Å². The molecule has 0 bridgehead atoms. The van der Waals surface area contributed by atoms with Crippen molar-refractivity contribution in [1.29, 1.82) is 5.26 Å². The summed E-state index contributed by atoms with van der Waals surface area (Å²) >= 11 is 0. The first-order valence-electron chi connectivity index (χ1n) is 9.75. The lowest BCUT2D eigenvalue weighted by molar-refractivity contribution is -0.123. The highest BCUT2D eigenvalue weighted by molar-refractivity contribution is 6.13. The van der Waals surface area contributed by atoms with Crippen molar-refractivity contribution in [3.8, 4) is 17.6 Å². The van der Waals surface area contributed by atoms with Gasteiger partial charge in [-0.25, -0.2) is 9.59 Å². The third kappa shape index (κ3) is 5.04. The van der Waals surface area contributed by atoms with Gasteiger partial charge in [-0.05, 0) is 42.3 Å². The Morgan fingerprint density at radius 2 is 2.09 bits per heavy atom. The van der Waals surface area contributed by atoms with Gasteiger partial charge in [-0.15, -0.1) is 6.58 Å². The number of amides is 3. The van der Waals surface area contributed by atoms with E-state index in [1.165, 1.54) is 32.4 Å². The highest BCUT2D eigenvalue weighted by atomic mass is 16.5. The van der Waals surface area contributed by atoms with Crippen molar-refractivity contribution in [3.05, 3.63) is 65.3 Å². The molecule has 0 unspecified atom stereocenters. The summed E-state index contributed by atoms with van der Waals surface area (Å²) in [4.78, 5) is 37.7. The highest BCUT2D eigenvalue weighted by Gasteiger charge is 2.34. The summed E-state index contributed by atoms with van der Waals surface area (Å²) in [5.41, 5.74) is 1.33. The summed E-state index contributed by atoms with van der Waals surface area (Å²) in [5.74, 6) is -0.236. The molecule has 0 spiro atoms. The normalized spacial score (nSPS) is 14.1. The molecule has 170 valence electrons. The number of hydrogen-bond donors (Lipinski definition) is 1. The van der Waals surface area contributed by atoms with Crippen molar-refractivity contribution in [3.63, 3.8) is 0 Å². The van der Waals surface area contributed by atoms with Gasteiger partial charge in [0.05, 0.1) is 20.8 Å². The predicted octanol–water partition coefficient (Wildman–Crippen LogP) is 2.80. The van der Waals surface area contributed by atoms with E-state index in [4.69, 9.17) is 19.2 Å². The van der Waals surface area contributed by atoms with E-state index in [1.54, 1.807) is 18.2 Å². The fourth-order valence-corrected chi connectivity index (χ4v) is 3.20. The number of esters is 1. The number of benzene rings is 1. The van der Waals surface area contributed by atoms with E-state index in [9.17, 15) is 14.4 Å². The summed E-state index contributed by atoms with van der Waals surface area (Å²) in [6, 6.07) is 7.55. The molecule has 3 amide bonds. The maximum Gasteiger partial charge on any atom is 0.373 e. The van der Waals surface area contributed by atoms with E-state index in [2.05, 4.69) is 16.6 Å². The lowest BCUT2D eigenvalue weighted by atomic mass is 10.0. The minimum absolute atomic E-state index is 0.0316. The van der Waals surface area contributed by atoms with E-state index in [0.29, 0.717) is 29.0 Å². The molecule has 1 N–H and O–H groups in total. The van der Waals surface area contributed by atoms with Gasteiger partial charge in [0.1, 0.15) is 17.5 Å². The number of carbonyl (C=O) groups excluding carboxylic acids is 3. The van der Waals surface area contributed by atoms with Crippen LogP contribution in [0.2, 0.25) is 0 Å². The third-order valence-electron chi connectivity index (χ3n) is 4.65. The molecule has 1 aliphatic heterocycles. The zero-order valence-corrected chi connectivity index (χ0v) is 18.0. The van der Waals surface area contributed by atoms with Gasteiger partial charge in [-0.1, -0.05) is 6.08 Å². The fourth-order valence-electron chi connectivity index (χ4n) is 3.20. The zero-order chi connectivity index (χ0) is 24.0. The standard InChI is InChI=1S/C23H21N3O7/c1-4-5-15-10-14(12-19(30-2)20(15)32-9-8-24)11-17-21(27)26(23(29)25-17)13-16-6-7-18(33-16)22(28)31-3/h4,6-7,10-12H,1,5,9,13H2,2-3H3,(H,25,29)/b17-11-. The van der Waals surface area contributed by atoms with Gasteiger partial charge < -0.3 is 23.9 Å². The monoisotopic (exact) mass is 451 g/mol. The van der Waals surface area contributed by atoms with Crippen LogP contribution in [0.4, 0.5) is 4.79 Å². The second kappa shape index (κ2) is 10.2. The number of furan rings is 1. The van der Waals surface area contributed by atoms with Crippen molar-refractivity contribution >= 4 is 24.0 Å². The summed E-state index contributed by atoms with van der Waals surface area (Å²) in [5, 5.41) is 11.4. The molecule has 1 aliphatic rings. The van der Waals surface area contributed by atoms with E-state index >= 15 is 0 Å². The Kier molecular flexibility index (Phi) is 7.15. The van der Waals surface area contributed by atoms with Gasteiger partial charge in [-0.2, -0.15) is 5.26 Å². The molecule has 2 aromatic rings. The number of nitriles is 1. The molecule has 1 aromatic heterocycles. The van der Waals surface area contributed by atoms with Gasteiger partial charge in [-0.3, -0.25) is 9.69 Å². The molecule has 1 aromatic carbocycles. The molecule has 1 fully saturated rings. The Balaban J connectivity index is 1.87. The maximum absolute atomic E-state index is 12.8. The second-order valence-corrected chi connectivity index (χ2v) is 6.79. The molecule has 1 saturated heterocycles. The topological polar surface area (TPSA) is 131 Å². The molecule has 0 atom stereocenters. The van der Waals surface area contributed by atoms with Crippen molar-refractivity contribution < 1.29 is 33.0 Å². The van der Waals surface area contributed by atoms with Crippen LogP contribution in [0.25, 0.3) is 6.08 Å². The minimum atomic E-state index is -0.662. The Morgan fingerprint density at radius 3 is 2.76 bits per heavy atom. The number of nitrogens with one attached hydrogen (secondary N) is 1. The quantitative estimate of drug-likeness (QED) is 0.266. The highest BCUT2D eigenvalue weighted by Crippen LogP contribution is 2.34. The van der Waals surface area contributed by atoms with Crippen LogP contribution < -0.4 is 14.8 Å². The van der Waals surface area contributed by atoms with Crippen molar-refractivity contribution in [2.24, 2.45) is 0 Å². The zero-order valence-electron chi connectivity index (χ0n) is 18.0. The third-order valence-corrected chi connectivity index (χ3v) is 4.65. The Bertz CT molecular complexity index is 1170. The molecule has 0 saturated carbocycles. The maximum atomic E-state index is 12.8. The minimum Gasteiger partial charge on any atom is -0.493 e. The number of methoxy groups -OCH3 is 2. The van der Waals surface area contributed by atoms with Gasteiger partial charge in [0.2, 0.25) is 5.76 Å². The molecule has 0 radical (unpaired) electrons. The number of nitrogens with zero attached hydrogens (tertiary/aromatic N) is 2. The van der Waals surface area contributed by atoms with Gasteiger partial charge in [0.15, 0.2) is 18.1 Å². The van der Waals surface area contributed by atoms with Crippen LogP contribution >= 0.6 is 0 Å². The summed E-state index contributed by atoms with van der Waals surface area (Å²) in [6.45, 7) is 3.40. The number of allylic oxidation sites excluding steroid dienone is 1. The molecule has 10 nitrogen and oxygen atoms in total. The van der Waals surface area contributed by atoms with E-state index in [1.807, 2.05) is 6.07 Å². The smallest absolute Gasteiger partial charge is 0.373 e. The number of hydrogen-bond acceptors (Lipinski definition) is 8. The molecule has 2 heterocycles. The number of carbonyl (C=O) groups is 3. The number of rotatable bonds is 9. The van der Waals surface area contributed by atoms with Crippen molar-refractivity contribution in [2.75, 3.05) is 20.8 Å². The molecule has 0 aliphatic carbocycles. The second-order valence-electron chi connectivity index (χ2n) is 6.79. The molecule has 33 heavy (non-hydrogen) atoms. The van der Waals surface area contributed by atoms with Gasteiger partial charge in [0.25, 0.3) is 5.91 Å². The van der Waals surface area contributed by atoms with Crippen molar-refractivity contribution in [2.45, 2.75) is 13.0 Å². The SMILES string of the molecule is C=CCc1cc(/C=C2\NC(=O)N(Cc3ccc(C(=O)OC)o3)C2=O)cc(OC)c1OCC#N. The van der Waals surface area contributed by atoms with Crippen LogP contribution in [0.5, 0.6) is 11.5 Å². The van der Waals surface area contributed by atoms with Crippen LogP contribution in [0.1, 0.15) is 27.4 Å². The average molecular weight is 451 g/mol. The first kappa shape index (κ1) is 23.1. The van der Waals surface area contributed by atoms with Crippen LogP contribution in [-0.4, -0.2) is 43.6 Å². The fraction of sp³-hybridized carbons (Fsp3) is 0.217. The van der Waals surface area contributed by atoms with E-state index in [-0.39, 0.29) is 30.4 Å². The van der Waals surface area contributed by atoms with Crippen molar-refractivity contribution in [1.82, 2.24) is 10.2 Å². The van der Waals surface area contributed by atoms with Gasteiger partial charge >= 0.3 is 12.0 Å². The van der Waals surface area contributed by atoms with E-state index < -0.39 is 17.9 Å². The lowest BCUT2D eigenvalue weighted by Gasteiger charge is -2.14. The first-order chi connectivity index (χ1) is 15.9. The number of imide groups is 1. The number of urea groups is 1. The Morgan fingerprint density at radius 1 is 1.30 bits per heavy atom. The van der Waals surface area contributed by atoms with Gasteiger partial charge in [0, 0.05) is 5.56 Å². The molecular formula is C23H21N3O7. The van der Waals surface area contributed by atoms with Crippen LogP contribution in [0.15, 0.2) is 47.0 Å². The average Bonchev–Trinajstić information content (AvgIpc) is 3.38. The molecule has 10 heteroatoms. The lowest BCUT2D eigenvalue weighted by Crippen LogP contribution is -2.30. The van der Waals surface area contributed by atoms with Crippen LogP contribution in [0.3, 0.4) is 0 Å². The van der Waals surface area contributed by atoms with E-state index in [0.717, 1.165) is 4.90 Å². The molecule has 3 rings (SSSR count). The predicted molar refractivity (Wildman–Crippen MR) is 115 cm³/mol. The van der Waals surface area contributed by atoms with Crippen LogP contribution in [-0.2, 0) is 22.5 Å². The largest absolute Gasteiger partial charge is 0.493 e. The summed E-state index contributed by atoms with van der Waals surface area (Å²) in [7, 11) is 2.68. The Hall–Kier alpha value is -4.52. The van der Waals surface area contributed by atoms with Crippen LogP contribution in [0, 0.1) is 11.3 Å². The summed E-state index contributed by atoms with van der Waals surface area (Å²) < 4.78 is 20.8. The number of ether oxygens (including phenoxy) is 3.